The molecule has 1 heterocycles. The van der Waals surface area contributed by atoms with Crippen LogP contribution in [0.25, 0.3) is 0 Å². The minimum Gasteiger partial charge on any atom is -0.459 e. The Balaban J connectivity index is 1.90. The van der Waals surface area contributed by atoms with E-state index < -0.39 is 24.5 Å². The van der Waals surface area contributed by atoms with E-state index in [2.05, 4.69) is 10.6 Å². The SMILES string of the molecule is CCCC(NC(=O)COC(=O)C(NC(=O)c1ccco1)C(C)C)c1ccccc1. The maximum absolute atomic E-state index is 12.4. The summed E-state index contributed by atoms with van der Waals surface area (Å²) in [5.74, 6) is -1.68. The lowest BCUT2D eigenvalue weighted by Crippen LogP contribution is -2.46. The van der Waals surface area contributed by atoms with E-state index in [4.69, 9.17) is 9.15 Å². The third-order valence-corrected chi connectivity index (χ3v) is 4.41. The molecule has 2 N–H and O–H groups in total. The van der Waals surface area contributed by atoms with Crippen LogP contribution < -0.4 is 10.6 Å². The van der Waals surface area contributed by atoms with Gasteiger partial charge in [-0.3, -0.25) is 9.59 Å². The van der Waals surface area contributed by atoms with Gasteiger partial charge >= 0.3 is 5.97 Å². The molecule has 2 aromatic rings. The second-order valence-corrected chi connectivity index (χ2v) is 7.10. The van der Waals surface area contributed by atoms with Crippen molar-refractivity contribution in [3.8, 4) is 0 Å². The Labute approximate surface area is 170 Å². The number of furan rings is 1. The fourth-order valence-corrected chi connectivity index (χ4v) is 2.88. The number of benzene rings is 1. The van der Waals surface area contributed by atoms with Crippen LogP contribution in [0, 0.1) is 5.92 Å². The van der Waals surface area contributed by atoms with E-state index in [1.54, 1.807) is 19.9 Å². The normalized spacial score (nSPS) is 12.8. The molecular weight excluding hydrogens is 372 g/mol. The van der Waals surface area contributed by atoms with Crippen molar-refractivity contribution in [2.45, 2.75) is 45.7 Å². The fourth-order valence-electron chi connectivity index (χ4n) is 2.88. The number of carbonyl (C=O) groups is 3. The van der Waals surface area contributed by atoms with Crippen molar-refractivity contribution in [3.05, 3.63) is 60.1 Å². The first-order valence-electron chi connectivity index (χ1n) is 9.77. The highest BCUT2D eigenvalue weighted by Crippen LogP contribution is 2.18. The van der Waals surface area contributed by atoms with Gasteiger partial charge in [0.1, 0.15) is 6.04 Å². The number of ether oxygens (including phenoxy) is 1. The Hall–Kier alpha value is -3.09. The second-order valence-electron chi connectivity index (χ2n) is 7.10. The predicted molar refractivity (Wildman–Crippen MR) is 108 cm³/mol. The van der Waals surface area contributed by atoms with Crippen LogP contribution in [0.4, 0.5) is 0 Å². The summed E-state index contributed by atoms with van der Waals surface area (Å²) in [7, 11) is 0. The van der Waals surface area contributed by atoms with E-state index in [9.17, 15) is 14.4 Å². The first kappa shape index (κ1) is 22.2. The topological polar surface area (TPSA) is 97.6 Å². The average Bonchev–Trinajstić information content (AvgIpc) is 3.25. The van der Waals surface area contributed by atoms with E-state index in [1.807, 2.05) is 37.3 Å². The number of esters is 1. The Kier molecular flexibility index (Phi) is 8.45. The average molecular weight is 400 g/mol. The van der Waals surface area contributed by atoms with Gasteiger partial charge in [0.05, 0.1) is 12.3 Å². The third-order valence-electron chi connectivity index (χ3n) is 4.41. The molecule has 0 saturated heterocycles. The summed E-state index contributed by atoms with van der Waals surface area (Å²) in [5, 5.41) is 5.49. The Morgan fingerprint density at radius 1 is 1.03 bits per heavy atom. The minimum atomic E-state index is -0.888. The standard InChI is InChI=1S/C22H28N2O5/c1-4-9-17(16-10-6-5-7-11-16)23-19(25)14-29-22(27)20(15(2)3)24-21(26)18-12-8-13-28-18/h5-8,10-13,15,17,20H,4,9,14H2,1-3H3,(H,23,25)(H,24,26). The molecule has 7 heteroatoms. The Morgan fingerprint density at radius 3 is 2.34 bits per heavy atom. The van der Waals surface area contributed by atoms with Crippen molar-refractivity contribution in [3.63, 3.8) is 0 Å². The summed E-state index contributed by atoms with van der Waals surface area (Å²) in [6.45, 7) is 5.19. The van der Waals surface area contributed by atoms with Crippen LogP contribution in [0.1, 0.15) is 55.8 Å². The van der Waals surface area contributed by atoms with Crippen molar-refractivity contribution in [1.82, 2.24) is 10.6 Å². The van der Waals surface area contributed by atoms with Crippen molar-refractivity contribution < 1.29 is 23.5 Å². The molecule has 2 amide bonds. The van der Waals surface area contributed by atoms with Gasteiger partial charge in [-0.1, -0.05) is 57.5 Å². The predicted octanol–water partition coefficient (Wildman–Crippen LogP) is 3.23. The highest BCUT2D eigenvalue weighted by atomic mass is 16.5. The van der Waals surface area contributed by atoms with Crippen LogP contribution in [-0.4, -0.2) is 30.4 Å². The molecule has 2 atom stereocenters. The van der Waals surface area contributed by atoms with Crippen molar-refractivity contribution in [2.75, 3.05) is 6.61 Å². The summed E-state index contributed by atoms with van der Waals surface area (Å²) in [4.78, 5) is 36.9. The van der Waals surface area contributed by atoms with Gasteiger partial charge in [0, 0.05) is 0 Å². The van der Waals surface area contributed by atoms with Gasteiger partial charge in [0.25, 0.3) is 11.8 Å². The second kappa shape index (κ2) is 11.0. The monoisotopic (exact) mass is 400 g/mol. The van der Waals surface area contributed by atoms with Crippen LogP contribution in [0.2, 0.25) is 0 Å². The maximum atomic E-state index is 12.4. The lowest BCUT2D eigenvalue weighted by molar-refractivity contribution is -0.151. The van der Waals surface area contributed by atoms with E-state index in [0.29, 0.717) is 0 Å². The molecule has 0 spiro atoms. The number of hydrogen-bond acceptors (Lipinski definition) is 5. The zero-order chi connectivity index (χ0) is 21.2. The number of amides is 2. The van der Waals surface area contributed by atoms with Crippen LogP contribution in [0.15, 0.2) is 53.1 Å². The zero-order valence-corrected chi connectivity index (χ0v) is 17.0. The molecule has 0 fully saturated rings. The molecule has 29 heavy (non-hydrogen) atoms. The van der Waals surface area contributed by atoms with Crippen molar-refractivity contribution >= 4 is 17.8 Å². The summed E-state index contributed by atoms with van der Waals surface area (Å²) >= 11 is 0. The van der Waals surface area contributed by atoms with Crippen LogP contribution in [0.5, 0.6) is 0 Å². The third kappa shape index (κ3) is 6.78. The summed E-state index contributed by atoms with van der Waals surface area (Å²) in [6, 6.07) is 11.7. The minimum absolute atomic E-state index is 0.103. The molecule has 1 aromatic carbocycles. The van der Waals surface area contributed by atoms with Gasteiger partial charge in [0.15, 0.2) is 12.4 Å². The quantitative estimate of drug-likeness (QED) is 0.597. The van der Waals surface area contributed by atoms with Crippen molar-refractivity contribution in [1.29, 1.82) is 0 Å². The maximum Gasteiger partial charge on any atom is 0.329 e. The summed E-state index contributed by atoms with van der Waals surface area (Å²) in [5.41, 5.74) is 1.000. The van der Waals surface area contributed by atoms with Gasteiger partial charge < -0.3 is 19.8 Å². The molecule has 0 aliphatic rings. The highest BCUT2D eigenvalue weighted by Gasteiger charge is 2.27. The molecule has 0 saturated carbocycles. The van der Waals surface area contributed by atoms with Crippen LogP contribution >= 0.6 is 0 Å². The largest absolute Gasteiger partial charge is 0.459 e. The molecule has 0 radical (unpaired) electrons. The van der Waals surface area contributed by atoms with Crippen LogP contribution in [0.3, 0.4) is 0 Å². The molecule has 7 nitrogen and oxygen atoms in total. The molecule has 1 aromatic heterocycles. The lowest BCUT2D eigenvalue weighted by atomic mass is 10.0. The number of carbonyl (C=O) groups excluding carboxylic acids is 3. The van der Waals surface area contributed by atoms with Gasteiger partial charge in [0.2, 0.25) is 0 Å². The molecule has 0 aliphatic heterocycles. The summed E-state index contributed by atoms with van der Waals surface area (Å²) in [6.07, 6.45) is 3.05. The van der Waals surface area contributed by atoms with Gasteiger partial charge in [-0.2, -0.15) is 0 Å². The molecular formula is C22H28N2O5. The summed E-state index contributed by atoms with van der Waals surface area (Å²) < 4.78 is 10.2. The molecule has 2 rings (SSSR count). The highest BCUT2D eigenvalue weighted by molar-refractivity contribution is 5.94. The van der Waals surface area contributed by atoms with Gasteiger partial charge in [-0.25, -0.2) is 4.79 Å². The zero-order valence-electron chi connectivity index (χ0n) is 17.0. The first-order chi connectivity index (χ1) is 13.9. The molecule has 0 bridgehead atoms. The fraction of sp³-hybridized carbons (Fsp3) is 0.409. The van der Waals surface area contributed by atoms with Crippen LogP contribution in [-0.2, 0) is 14.3 Å². The number of nitrogens with one attached hydrogen (secondary N) is 2. The van der Waals surface area contributed by atoms with E-state index in [0.717, 1.165) is 18.4 Å². The molecule has 156 valence electrons. The number of hydrogen-bond donors (Lipinski definition) is 2. The first-order valence-corrected chi connectivity index (χ1v) is 9.77. The van der Waals surface area contributed by atoms with E-state index >= 15 is 0 Å². The van der Waals surface area contributed by atoms with E-state index in [-0.39, 0.29) is 23.6 Å². The van der Waals surface area contributed by atoms with Crippen molar-refractivity contribution in [2.24, 2.45) is 5.92 Å². The number of rotatable bonds is 10. The Morgan fingerprint density at radius 2 is 1.76 bits per heavy atom. The molecule has 2 unspecified atom stereocenters. The Bertz CT molecular complexity index is 787. The lowest BCUT2D eigenvalue weighted by Gasteiger charge is -2.21. The smallest absolute Gasteiger partial charge is 0.329 e. The van der Waals surface area contributed by atoms with E-state index in [1.165, 1.54) is 12.3 Å². The van der Waals surface area contributed by atoms with Gasteiger partial charge in [-0.05, 0) is 30.0 Å². The molecule has 0 aliphatic carbocycles. The van der Waals surface area contributed by atoms with Gasteiger partial charge in [-0.15, -0.1) is 0 Å².